The van der Waals surface area contributed by atoms with E-state index in [4.69, 9.17) is 5.73 Å². The van der Waals surface area contributed by atoms with Crippen LogP contribution in [0.1, 0.15) is 32.5 Å². The van der Waals surface area contributed by atoms with Crippen molar-refractivity contribution in [3.05, 3.63) is 16.0 Å². The highest BCUT2D eigenvalue weighted by Gasteiger charge is 2.19. The second-order valence-corrected chi connectivity index (χ2v) is 3.98. The second-order valence-electron chi connectivity index (χ2n) is 2.93. The molecule has 0 spiro atoms. The number of nitrogen functional groups attached to an aromatic ring is 1. The molecule has 76 valence electrons. The normalized spacial score (nSPS) is 9.93. The lowest BCUT2D eigenvalue weighted by Crippen LogP contribution is -2.17. The van der Waals surface area contributed by atoms with Crippen LogP contribution in [0.25, 0.3) is 0 Å². The highest BCUT2D eigenvalue weighted by Crippen LogP contribution is 2.30. The van der Waals surface area contributed by atoms with Crippen LogP contribution in [0.3, 0.4) is 0 Å². The minimum absolute atomic E-state index is 0.105. The molecule has 4 nitrogen and oxygen atoms in total. The van der Waals surface area contributed by atoms with Crippen LogP contribution in [0.2, 0.25) is 0 Å². The number of carbonyl (C=O) groups is 2. The topological polar surface area (TPSA) is 72.2 Å². The molecule has 0 unspecified atom stereocenters. The Morgan fingerprint density at radius 2 is 2.00 bits per heavy atom. The maximum atomic E-state index is 11.4. The molecule has 0 saturated carbocycles. The first kappa shape index (κ1) is 10.7. The molecular weight excluding hydrogens is 200 g/mol. The van der Waals surface area contributed by atoms with Crippen molar-refractivity contribution in [1.82, 2.24) is 5.32 Å². The summed E-state index contributed by atoms with van der Waals surface area (Å²) in [6.45, 7) is 3.17. The molecule has 5 heteroatoms. The van der Waals surface area contributed by atoms with Crippen molar-refractivity contribution in [1.29, 1.82) is 0 Å². The average Bonchev–Trinajstić information content (AvgIpc) is 2.40. The first-order valence-corrected chi connectivity index (χ1v) is 4.92. The summed E-state index contributed by atoms with van der Waals surface area (Å²) in [5.41, 5.74) is 6.79. The second kappa shape index (κ2) is 3.79. The number of amides is 1. The van der Waals surface area contributed by atoms with Crippen molar-refractivity contribution in [2.45, 2.75) is 13.8 Å². The molecule has 0 aliphatic heterocycles. The number of carbonyl (C=O) groups excluding carboxylic acids is 2. The number of nitrogens with one attached hydrogen (secondary N) is 1. The third-order valence-electron chi connectivity index (χ3n) is 1.96. The van der Waals surface area contributed by atoms with Crippen LogP contribution in [0.15, 0.2) is 0 Å². The van der Waals surface area contributed by atoms with Crippen LogP contribution in [-0.4, -0.2) is 18.7 Å². The predicted molar refractivity (Wildman–Crippen MR) is 56.9 cm³/mol. The summed E-state index contributed by atoms with van der Waals surface area (Å²) in [4.78, 5) is 23.1. The van der Waals surface area contributed by atoms with Crippen LogP contribution in [0.4, 0.5) is 5.00 Å². The lowest BCUT2D eigenvalue weighted by Gasteiger charge is -1.97. The summed E-state index contributed by atoms with van der Waals surface area (Å²) in [6.07, 6.45) is 0. The summed E-state index contributed by atoms with van der Waals surface area (Å²) in [6, 6.07) is 0. The Labute approximate surface area is 86.1 Å². The summed E-state index contributed by atoms with van der Waals surface area (Å²) in [5.74, 6) is -0.307. The maximum Gasteiger partial charge on any atom is 0.261 e. The molecular formula is C9H12N2O2S. The van der Waals surface area contributed by atoms with Crippen molar-refractivity contribution in [2.75, 3.05) is 12.8 Å². The van der Waals surface area contributed by atoms with E-state index in [9.17, 15) is 9.59 Å². The van der Waals surface area contributed by atoms with Gasteiger partial charge in [-0.3, -0.25) is 9.59 Å². The highest BCUT2D eigenvalue weighted by molar-refractivity contribution is 7.18. The number of ketones is 1. The Hall–Kier alpha value is -1.36. The zero-order valence-electron chi connectivity index (χ0n) is 8.30. The van der Waals surface area contributed by atoms with Gasteiger partial charge in [-0.25, -0.2) is 0 Å². The zero-order chi connectivity index (χ0) is 10.9. The molecule has 1 amide bonds. The molecule has 14 heavy (non-hydrogen) atoms. The fraction of sp³-hybridized carbons (Fsp3) is 0.333. The van der Waals surface area contributed by atoms with Crippen molar-refractivity contribution in [3.63, 3.8) is 0 Å². The molecule has 0 atom stereocenters. The Bertz CT molecular complexity index is 396. The van der Waals surface area contributed by atoms with Crippen molar-refractivity contribution in [2.24, 2.45) is 0 Å². The van der Waals surface area contributed by atoms with Gasteiger partial charge in [-0.2, -0.15) is 0 Å². The molecule has 0 fully saturated rings. The molecule has 0 saturated heterocycles. The van der Waals surface area contributed by atoms with E-state index < -0.39 is 0 Å². The first-order chi connectivity index (χ1) is 6.49. The number of rotatable bonds is 2. The highest BCUT2D eigenvalue weighted by atomic mass is 32.1. The van der Waals surface area contributed by atoms with Gasteiger partial charge in [0.2, 0.25) is 0 Å². The third-order valence-corrected chi connectivity index (χ3v) is 3.08. The lowest BCUT2D eigenvalue weighted by molar-refractivity contribution is 0.0966. The molecule has 3 N–H and O–H groups in total. The van der Waals surface area contributed by atoms with E-state index in [1.807, 2.05) is 0 Å². The Morgan fingerprint density at radius 3 is 2.36 bits per heavy atom. The minimum atomic E-state index is -0.202. The Morgan fingerprint density at radius 1 is 1.43 bits per heavy atom. The fourth-order valence-corrected chi connectivity index (χ4v) is 2.37. The smallest absolute Gasteiger partial charge is 0.261 e. The SMILES string of the molecule is CNC(=O)c1sc(N)c(C(C)=O)c1C. The number of thiophene rings is 1. The van der Waals surface area contributed by atoms with Gasteiger partial charge in [0.05, 0.1) is 15.4 Å². The minimum Gasteiger partial charge on any atom is -0.390 e. The largest absolute Gasteiger partial charge is 0.390 e. The number of hydrogen-bond donors (Lipinski definition) is 2. The molecule has 0 aromatic carbocycles. The molecule has 0 aliphatic rings. The molecule has 0 bridgehead atoms. The Balaban J connectivity index is 3.30. The van der Waals surface area contributed by atoms with Gasteiger partial charge >= 0.3 is 0 Å². The van der Waals surface area contributed by atoms with E-state index in [0.29, 0.717) is 21.0 Å². The van der Waals surface area contributed by atoms with Crippen LogP contribution >= 0.6 is 11.3 Å². The zero-order valence-corrected chi connectivity index (χ0v) is 9.12. The van der Waals surface area contributed by atoms with Gasteiger partial charge in [-0.05, 0) is 19.4 Å². The average molecular weight is 212 g/mol. The monoisotopic (exact) mass is 212 g/mol. The van der Waals surface area contributed by atoms with E-state index in [1.165, 1.54) is 6.92 Å². The summed E-state index contributed by atoms with van der Waals surface area (Å²) in [5, 5.41) is 2.92. The molecule has 1 rings (SSSR count). The van der Waals surface area contributed by atoms with E-state index in [0.717, 1.165) is 11.3 Å². The number of hydrogen-bond acceptors (Lipinski definition) is 4. The van der Waals surface area contributed by atoms with E-state index in [1.54, 1.807) is 14.0 Å². The molecule has 1 aromatic heterocycles. The van der Waals surface area contributed by atoms with Gasteiger partial charge in [-0.15, -0.1) is 11.3 Å². The summed E-state index contributed by atoms with van der Waals surface area (Å²) in [7, 11) is 1.55. The van der Waals surface area contributed by atoms with Crippen molar-refractivity contribution in [3.8, 4) is 0 Å². The van der Waals surface area contributed by atoms with E-state index >= 15 is 0 Å². The number of nitrogens with two attached hydrogens (primary N) is 1. The molecule has 1 heterocycles. The van der Waals surface area contributed by atoms with E-state index in [2.05, 4.69) is 5.32 Å². The standard InChI is InChI=1S/C9H12N2O2S/c1-4-6(5(2)12)8(10)14-7(4)9(13)11-3/h10H2,1-3H3,(H,11,13). The fourth-order valence-electron chi connectivity index (χ4n) is 1.30. The number of Topliss-reactive ketones (excluding diaryl/α,β-unsaturated/α-hetero) is 1. The van der Waals surface area contributed by atoms with Crippen molar-refractivity contribution < 1.29 is 9.59 Å². The third kappa shape index (κ3) is 1.63. The molecule has 0 radical (unpaired) electrons. The predicted octanol–water partition coefficient (Wildman–Crippen LogP) is 1.20. The van der Waals surface area contributed by atoms with Gasteiger partial charge in [0.15, 0.2) is 5.78 Å². The first-order valence-electron chi connectivity index (χ1n) is 4.11. The van der Waals surface area contributed by atoms with Crippen LogP contribution < -0.4 is 11.1 Å². The Kier molecular flexibility index (Phi) is 2.90. The number of anilines is 1. The lowest BCUT2D eigenvalue weighted by atomic mass is 10.1. The van der Waals surface area contributed by atoms with Gasteiger partial charge in [0.1, 0.15) is 0 Å². The van der Waals surface area contributed by atoms with Gasteiger partial charge < -0.3 is 11.1 Å². The van der Waals surface area contributed by atoms with Crippen LogP contribution in [-0.2, 0) is 0 Å². The van der Waals surface area contributed by atoms with Gasteiger partial charge in [0.25, 0.3) is 5.91 Å². The quantitative estimate of drug-likeness (QED) is 0.723. The van der Waals surface area contributed by atoms with Gasteiger partial charge in [0, 0.05) is 7.05 Å². The van der Waals surface area contributed by atoms with Crippen molar-refractivity contribution >= 4 is 28.0 Å². The molecule has 0 aliphatic carbocycles. The van der Waals surface area contributed by atoms with Crippen LogP contribution in [0.5, 0.6) is 0 Å². The van der Waals surface area contributed by atoms with Gasteiger partial charge in [-0.1, -0.05) is 0 Å². The van der Waals surface area contributed by atoms with Crippen LogP contribution in [0, 0.1) is 6.92 Å². The summed E-state index contributed by atoms with van der Waals surface area (Å²) < 4.78 is 0. The van der Waals surface area contributed by atoms with E-state index in [-0.39, 0.29) is 11.7 Å². The summed E-state index contributed by atoms with van der Waals surface area (Å²) >= 11 is 1.15. The maximum absolute atomic E-state index is 11.4. The molecule has 1 aromatic rings.